The second kappa shape index (κ2) is 11.4. The molecule has 0 saturated heterocycles. The van der Waals surface area contributed by atoms with Gasteiger partial charge in [-0.05, 0) is 19.8 Å². The van der Waals surface area contributed by atoms with E-state index in [9.17, 15) is 0 Å². The molecule has 0 aliphatic carbocycles. The highest BCUT2D eigenvalue weighted by Gasteiger charge is 2.12. The Morgan fingerprint density at radius 1 is 1.38 bits per heavy atom. The zero-order chi connectivity index (χ0) is 12.2. The molecule has 0 aliphatic rings. The van der Waals surface area contributed by atoms with Crippen molar-refractivity contribution < 1.29 is 9.47 Å². The maximum Gasteiger partial charge on any atom is 0.167 e. The van der Waals surface area contributed by atoms with E-state index < -0.39 is 0 Å². The molecule has 0 aromatic rings. The van der Waals surface area contributed by atoms with Crippen molar-refractivity contribution in [3.8, 4) is 0 Å². The summed E-state index contributed by atoms with van der Waals surface area (Å²) in [5.74, 6) is 0. The Morgan fingerprint density at radius 2 is 2.12 bits per heavy atom. The molecule has 0 rings (SSSR count). The van der Waals surface area contributed by atoms with Crippen molar-refractivity contribution in [1.29, 1.82) is 0 Å². The smallest absolute Gasteiger partial charge is 0.167 e. The van der Waals surface area contributed by atoms with Gasteiger partial charge in [-0.25, -0.2) is 0 Å². The monoisotopic (exact) mass is 290 g/mol. The molecule has 0 bridgehead atoms. The number of hydrogen-bond donors (Lipinski definition) is 0. The minimum Gasteiger partial charge on any atom is -0.352 e. The predicted molar refractivity (Wildman–Crippen MR) is 72.9 cm³/mol. The van der Waals surface area contributed by atoms with Crippen LogP contribution >= 0.6 is 15.9 Å². The van der Waals surface area contributed by atoms with Gasteiger partial charge in [-0.2, -0.15) is 0 Å². The first-order valence-corrected chi connectivity index (χ1v) is 7.01. The van der Waals surface area contributed by atoms with Gasteiger partial charge in [-0.15, -0.1) is 6.58 Å². The lowest BCUT2D eigenvalue weighted by molar-refractivity contribution is -0.141. The Hall–Kier alpha value is -0.120. The Balaban J connectivity index is 4.12. The maximum absolute atomic E-state index is 5.80. The van der Waals surface area contributed by atoms with Gasteiger partial charge in [-0.3, -0.25) is 0 Å². The average molecular weight is 291 g/mol. The maximum atomic E-state index is 5.80. The molecule has 0 N–H and O–H groups in total. The summed E-state index contributed by atoms with van der Waals surface area (Å²) in [6, 6.07) is 0. The van der Waals surface area contributed by atoms with Crippen LogP contribution in [0.15, 0.2) is 24.8 Å². The van der Waals surface area contributed by atoms with Crippen LogP contribution in [0.3, 0.4) is 0 Å². The Bertz CT molecular complexity index is 192. The van der Waals surface area contributed by atoms with Crippen molar-refractivity contribution in [1.82, 2.24) is 0 Å². The van der Waals surface area contributed by atoms with Gasteiger partial charge in [-0.1, -0.05) is 47.5 Å². The summed E-state index contributed by atoms with van der Waals surface area (Å²) in [4.78, 5) is 0. The van der Waals surface area contributed by atoms with Crippen molar-refractivity contribution in [2.75, 3.05) is 11.9 Å². The van der Waals surface area contributed by atoms with E-state index in [1.807, 2.05) is 13.0 Å². The molecule has 16 heavy (non-hydrogen) atoms. The van der Waals surface area contributed by atoms with Crippen molar-refractivity contribution in [3.63, 3.8) is 0 Å². The van der Waals surface area contributed by atoms with E-state index >= 15 is 0 Å². The van der Waals surface area contributed by atoms with Crippen LogP contribution in [0.25, 0.3) is 0 Å². The van der Waals surface area contributed by atoms with Crippen LogP contribution < -0.4 is 0 Å². The number of unbranched alkanes of at least 4 members (excludes halogenated alkanes) is 1. The fourth-order valence-corrected chi connectivity index (χ4v) is 1.60. The van der Waals surface area contributed by atoms with E-state index in [1.54, 1.807) is 0 Å². The van der Waals surface area contributed by atoms with Crippen molar-refractivity contribution in [3.05, 3.63) is 24.8 Å². The number of ether oxygens (including phenoxy) is 2. The van der Waals surface area contributed by atoms with Crippen LogP contribution in [-0.2, 0) is 9.47 Å². The molecule has 2 unspecified atom stereocenters. The third-order valence-corrected chi connectivity index (χ3v) is 2.54. The average Bonchev–Trinajstić information content (AvgIpc) is 2.29. The first-order valence-electron chi connectivity index (χ1n) is 5.89. The van der Waals surface area contributed by atoms with Crippen LogP contribution in [-0.4, -0.2) is 24.3 Å². The molecule has 0 amide bonds. The zero-order valence-electron chi connectivity index (χ0n) is 10.3. The van der Waals surface area contributed by atoms with Gasteiger partial charge in [0.2, 0.25) is 0 Å². The van der Waals surface area contributed by atoms with Crippen LogP contribution in [0.1, 0.15) is 33.1 Å². The summed E-state index contributed by atoms with van der Waals surface area (Å²) in [5, 5.41) is 0.691. The van der Waals surface area contributed by atoms with Crippen molar-refractivity contribution in [2.45, 2.75) is 45.5 Å². The summed E-state index contributed by atoms with van der Waals surface area (Å²) < 4.78 is 11.2. The third kappa shape index (κ3) is 8.08. The minimum atomic E-state index is -0.179. The quantitative estimate of drug-likeness (QED) is 0.343. The highest BCUT2D eigenvalue weighted by atomic mass is 79.9. The number of rotatable bonds is 10. The first kappa shape index (κ1) is 15.9. The van der Waals surface area contributed by atoms with Crippen LogP contribution in [0.4, 0.5) is 0 Å². The van der Waals surface area contributed by atoms with E-state index in [2.05, 4.69) is 41.6 Å². The lowest BCUT2D eigenvalue weighted by atomic mass is 10.2. The highest BCUT2D eigenvalue weighted by Crippen LogP contribution is 2.10. The molecule has 0 aliphatic heterocycles. The van der Waals surface area contributed by atoms with Gasteiger partial charge >= 0.3 is 0 Å². The third-order valence-electron chi connectivity index (χ3n) is 2.01. The van der Waals surface area contributed by atoms with Gasteiger partial charge in [0.15, 0.2) is 6.29 Å². The molecular formula is C13H23BrO2. The topological polar surface area (TPSA) is 18.5 Å². The Kier molecular flexibility index (Phi) is 11.3. The normalized spacial score (nSPS) is 15.2. The van der Waals surface area contributed by atoms with Crippen LogP contribution in [0, 0.1) is 0 Å². The van der Waals surface area contributed by atoms with Crippen molar-refractivity contribution >= 4 is 15.9 Å². The molecule has 0 heterocycles. The van der Waals surface area contributed by atoms with Gasteiger partial charge in [0.1, 0.15) is 0 Å². The van der Waals surface area contributed by atoms with Crippen molar-refractivity contribution in [2.24, 2.45) is 0 Å². The molecule has 2 nitrogen and oxygen atoms in total. The molecule has 0 aromatic heterocycles. The number of alkyl halides is 1. The van der Waals surface area contributed by atoms with Gasteiger partial charge in [0.25, 0.3) is 0 Å². The Morgan fingerprint density at radius 3 is 2.62 bits per heavy atom. The van der Waals surface area contributed by atoms with E-state index in [0.29, 0.717) is 11.9 Å². The zero-order valence-corrected chi connectivity index (χ0v) is 11.9. The van der Waals surface area contributed by atoms with Crippen LogP contribution in [0.5, 0.6) is 0 Å². The fraction of sp³-hybridized carbons (Fsp3) is 0.692. The van der Waals surface area contributed by atoms with E-state index in [1.165, 1.54) is 0 Å². The van der Waals surface area contributed by atoms with E-state index in [-0.39, 0.29) is 12.4 Å². The number of halogens is 1. The summed E-state index contributed by atoms with van der Waals surface area (Å²) in [6.45, 7) is 8.53. The lowest BCUT2D eigenvalue weighted by Crippen LogP contribution is -2.24. The predicted octanol–water partition coefficient (Wildman–Crippen LogP) is 4.06. The standard InChI is InChI=1S/C13H23BrO2/c1-4-7-8-10-12(9-5-2)16-13(11-14)15-6-3/h5,8,10,12-13H,2,4,6-7,9,11H2,1,3H3/b10-8+. The van der Waals surface area contributed by atoms with E-state index in [0.717, 1.165) is 19.3 Å². The molecule has 3 heteroatoms. The summed E-state index contributed by atoms with van der Waals surface area (Å²) >= 11 is 3.38. The second-order valence-corrected chi connectivity index (χ2v) is 4.10. The molecule has 0 fully saturated rings. The molecule has 2 atom stereocenters. The molecule has 0 aromatic carbocycles. The summed E-state index contributed by atoms with van der Waals surface area (Å²) in [5.41, 5.74) is 0. The molecule has 0 spiro atoms. The summed E-state index contributed by atoms with van der Waals surface area (Å²) in [6.07, 6.45) is 9.08. The largest absolute Gasteiger partial charge is 0.352 e. The van der Waals surface area contributed by atoms with Gasteiger partial charge in [0, 0.05) is 6.61 Å². The number of allylic oxidation sites excluding steroid dienone is 1. The van der Waals surface area contributed by atoms with E-state index in [4.69, 9.17) is 9.47 Å². The SMILES string of the molecule is C=CCC(/C=C/CCC)OC(CBr)OCC. The van der Waals surface area contributed by atoms with Crippen LogP contribution in [0.2, 0.25) is 0 Å². The highest BCUT2D eigenvalue weighted by molar-refractivity contribution is 9.09. The molecule has 0 saturated carbocycles. The summed E-state index contributed by atoms with van der Waals surface area (Å²) in [7, 11) is 0. The second-order valence-electron chi connectivity index (χ2n) is 3.45. The lowest BCUT2D eigenvalue weighted by Gasteiger charge is -2.20. The number of hydrogen-bond acceptors (Lipinski definition) is 2. The molecule has 0 radical (unpaired) electrons. The molecule has 94 valence electrons. The van der Waals surface area contributed by atoms with Gasteiger partial charge in [0.05, 0.1) is 11.4 Å². The minimum absolute atomic E-state index is 0.0677. The Labute approximate surface area is 108 Å². The van der Waals surface area contributed by atoms with Gasteiger partial charge < -0.3 is 9.47 Å². The first-order chi connectivity index (χ1) is 7.78. The molecular weight excluding hydrogens is 268 g/mol. The fourth-order valence-electron chi connectivity index (χ4n) is 1.26.